The SMILES string of the molecule is COc1cc(C[C@@H]2c3c(cc(OC)c(OC)c3OC)CC[N@+]2(C)CCCC(=CC(=O)O)C(=O)[O-])cc(OC)c1OC.Cl.Cl. The number of carboxylic acid groups (broad SMARTS) is 2. The zero-order valence-electron chi connectivity index (χ0n) is 25.5. The van der Waals surface area contributed by atoms with Crippen LogP contribution < -0.4 is 33.5 Å². The number of nitrogens with zero attached hydrogens (tertiary/aromatic N) is 1. The normalized spacial score (nSPS) is 17.4. The van der Waals surface area contributed by atoms with Crippen LogP contribution in [0.1, 0.15) is 35.6 Å². The number of hydrogen-bond donors (Lipinski definition) is 1. The first-order valence-electron chi connectivity index (χ1n) is 13.2. The number of halogens is 2. The second-order valence-electron chi connectivity index (χ2n) is 10.0. The van der Waals surface area contributed by atoms with Crippen LogP contribution in [-0.2, 0) is 22.4 Å². The molecule has 3 rings (SSSR count). The van der Waals surface area contributed by atoms with Crippen molar-refractivity contribution in [3.05, 3.63) is 46.5 Å². The van der Waals surface area contributed by atoms with Crippen molar-refractivity contribution in [1.29, 1.82) is 0 Å². The monoisotopic (exact) mass is 645 g/mol. The minimum absolute atomic E-state index is 0. The maximum Gasteiger partial charge on any atom is 0.328 e. The minimum atomic E-state index is -1.48. The first-order chi connectivity index (χ1) is 19.6. The highest BCUT2D eigenvalue weighted by Gasteiger charge is 2.43. The molecule has 0 saturated heterocycles. The van der Waals surface area contributed by atoms with E-state index >= 15 is 0 Å². The second-order valence-corrected chi connectivity index (χ2v) is 10.0. The number of hydrogen-bond acceptors (Lipinski definition) is 9. The fraction of sp³-hybridized carbons (Fsp3) is 0.467. The molecule has 1 aliphatic heterocycles. The van der Waals surface area contributed by atoms with Crippen LogP contribution >= 0.6 is 24.8 Å². The predicted molar refractivity (Wildman–Crippen MR) is 163 cm³/mol. The van der Waals surface area contributed by atoms with E-state index in [2.05, 4.69) is 7.05 Å². The summed E-state index contributed by atoms with van der Waals surface area (Å²) in [5, 5.41) is 20.6. The van der Waals surface area contributed by atoms with Crippen LogP contribution in [0.3, 0.4) is 0 Å². The van der Waals surface area contributed by atoms with Crippen molar-refractivity contribution >= 4 is 36.8 Å². The molecule has 43 heavy (non-hydrogen) atoms. The largest absolute Gasteiger partial charge is 0.545 e. The van der Waals surface area contributed by atoms with Crippen molar-refractivity contribution in [3.63, 3.8) is 0 Å². The molecule has 1 aliphatic rings. The summed E-state index contributed by atoms with van der Waals surface area (Å²) in [5.74, 6) is 0.388. The third-order valence-corrected chi connectivity index (χ3v) is 7.76. The predicted octanol–water partition coefficient (Wildman–Crippen LogP) is 3.41. The summed E-state index contributed by atoms with van der Waals surface area (Å²) in [6.45, 7) is 1.31. The lowest BCUT2D eigenvalue weighted by molar-refractivity contribution is -0.941. The van der Waals surface area contributed by atoms with E-state index in [0.717, 1.165) is 23.2 Å². The first-order valence-corrected chi connectivity index (χ1v) is 13.2. The van der Waals surface area contributed by atoms with E-state index in [1.807, 2.05) is 18.2 Å². The fourth-order valence-corrected chi connectivity index (χ4v) is 5.72. The van der Waals surface area contributed by atoms with Gasteiger partial charge in [0.05, 0.1) is 74.3 Å². The van der Waals surface area contributed by atoms with Gasteiger partial charge in [0.15, 0.2) is 23.0 Å². The van der Waals surface area contributed by atoms with Gasteiger partial charge < -0.3 is 47.9 Å². The molecule has 240 valence electrons. The zero-order chi connectivity index (χ0) is 30.3. The van der Waals surface area contributed by atoms with Crippen LogP contribution in [0.4, 0.5) is 0 Å². The summed E-state index contributed by atoms with van der Waals surface area (Å²) in [4.78, 5) is 22.7. The van der Waals surface area contributed by atoms with E-state index < -0.39 is 11.9 Å². The number of carbonyl (C=O) groups excluding carboxylic acids is 1. The van der Waals surface area contributed by atoms with Gasteiger partial charge in [0.1, 0.15) is 6.04 Å². The third kappa shape index (κ3) is 8.10. The highest BCUT2D eigenvalue weighted by atomic mass is 35.5. The maximum atomic E-state index is 11.5. The van der Waals surface area contributed by atoms with Gasteiger partial charge in [-0.1, -0.05) is 0 Å². The summed E-state index contributed by atoms with van der Waals surface area (Å²) < 4.78 is 34.5. The number of benzene rings is 2. The summed E-state index contributed by atoms with van der Waals surface area (Å²) in [5.41, 5.74) is 2.72. The van der Waals surface area contributed by atoms with Gasteiger partial charge in [-0.15, -0.1) is 24.8 Å². The Kier molecular flexibility index (Phi) is 14.2. The Balaban J connectivity index is 0.00000462. The highest BCUT2D eigenvalue weighted by molar-refractivity contribution is 5.93. The van der Waals surface area contributed by atoms with Crippen LogP contribution in [0.25, 0.3) is 0 Å². The summed E-state index contributed by atoms with van der Waals surface area (Å²) in [6, 6.07) is 5.64. The Hall–Kier alpha value is -3.54. The molecule has 0 bridgehead atoms. The van der Waals surface area contributed by atoms with Gasteiger partial charge in [0.25, 0.3) is 0 Å². The molecule has 2 aromatic rings. The topological polar surface area (TPSA) is 133 Å². The Morgan fingerprint density at radius 2 is 1.42 bits per heavy atom. The summed E-state index contributed by atoms with van der Waals surface area (Å²) in [6.07, 6.45) is 2.46. The van der Waals surface area contributed by atoms with E-state index in [-0.39, 0.29) is 42.8 Å². The Morgan fingerprint density at radius 3 is 1.88 bits per heavy atom. The third-order valence-electron chi connectivity index (χ3n) is 7.76. The number of fused-ring (bicyclic) bond motifs is 1. The van der Waals surface area contributed by atoms with Crippen molar-refractivity contribution in [3.8, 4) is 34.5 Å². The first kappa shape index (κ1) is 37.5. The number of likely N-dealkylation sites (N-methyl/N-ethyl adjacent to an activating group) is 1. The van der Waals surface area contributed by atoms with Crippen molar-refractivity contribution in [2.75, 3.05) is 62.8 Å². The van der Waals surface area contributed by atoms with Crippen LogP contribution in [0.2, 0.25) is 0 Å². The Morgan fingerprint density at radius 1 is 0.884 bits per heavy atom. The van der Waals surface area contributed by atoms with Crippen LogP contribution in [0.5, 0.6) is 34.5 Å². The maximum absolute atomic E-state index is 11.5. The minimum Gasteiger partial charge on any atom is -0.545 e. The van der Waals surface area contributed by atoms with Gasteiger partial charge in [0, 0.05) is 25.3 Å². The molecule has 0 spiro atoms. The van der Waals surface area contributed by atoms with Gasteiger partial charge >= 0.3 is 5.97 Å². The quantitative estimate of drug-likeness (QED) is 0.241. The lowest BCUT2D eigenvalue weighted by Crippen LogP contribution is -2.52. The number of ether oxygens (including phenoxy) is 6. The molecule has 0 aliphatic carbocycles. The molecule has 1 N–H and O–H groups in total. The van der Waals surface area contributed by atoms with Gasteiger partial charge in [-0.2, -0.15) is 0 Å². The number of quaternary nitrogens is 1. The molecule has 0 saturated carbocycles. The lowest BCUT2D eigenvalue weighted by atomic mass is 9.85. The van der Waals surface area contributed by atoms with Crippen LogP contribution in [0, 0.1) is 0 Å². The average molecular weight is 647 g/mol. The molecule has 0 radical (unpaired) electrons. The number of carboxylic acids is 2. The van der Waals surface area contributed by atoms with E-state index in [1.165, 1.54) is 0 Å². The molecular formula is C30H41Cl2NO10. The number of carbonyl (C=O) groups is 2. The standard InChI is InChI=1S/C30H39NO10.2ClH/c1-31(11-8-9-20(30(34)35)17-25(32)33)12-10-19-16-24(38-4)28(40-6)29(41-7)26(19)21(31)13-18-14-22(36-2)27(39-5)23(15-18)37-3;;/h14-17,21H,8-13H2,1-7H3,(H-,32,33,34,35);2*1H/t21-,31+;;/m1../s1. The van der Waals surface area contributed by atoms with Gasteiger partial charge in [-0.05, 0) is 41.3 Å². The molecule has 2 aromatic carbocycles. The summed E-state index contributed by atoms with van der Waals surface area (Å²) in [7, 11) is 11.5. The highest BCUT2D eigenvalue weighted by Crippen LogP contribution is 2.51. The van der Waals surface area contributed by atoms with Crippen molar-refractivity contribution in [2.24, 2.45) is 0 Å². The van der Waals surface area contributed by atoms with Crippen LogP contribution in [-0.4, -0.2) is 84.3 Å². The molecule has 0 aromatic heterocycles. The number of rotatable bonds is 14. The molecule has 2 atom stereocenters. The Bertz CT molecular complexity index is 1290. The smallest absolute Gasteiger partial charge is 0.328 e. The summed E-state index contributed by atoms with van der Waals surface area (Å²) >= 11 is 0. The van der Waals surface area contributed by atoms with E-state index in [4.69, 9.17) is 33.5 Å². The van der Waals surface area contributed by atoms with Gasteiger partial charge in [-0.25, -0.2) is 4.79 Å². The molecule has 0 amide bonds. The molecule has 1 heterocycles. The Labute approximate surface area is 264 Å². The molecule has 11 nitrogen and oxygen atoms in total. The molecule has 0 fully saturated rings. The van der Waals surface area contributed by atoms with Crippen molar-refractivity contribution in [1.82, 2.24) is 0 Å². The number of methoxy groups -OCH3 is 6. The van der Waals surface area contributed by atoms with E-state index in [0.29, 0.717) is 70.9 Å². The molecule has 0 unspecified atom stereocenters. The van der Waals surface area contributed by atoms with Gasteiger partial charge in [0.2, 0.25) is 11.5 Å². The molecule has 13 heteroatoms. The van der Waals surface area contributed by atoms with E-state index in [9.17, 15) is 14.7 Å². The van der Waals surface area contributed by atoms with Crippen molar-refractivity contribution < 1.29 is 52.7 Å². The number of aliphatic carboxylic acids is 2. The lowest BCUT2D eigenvalue weighted by Gasteiger charge is -2.46. The van der Waals surface area contributed by atoms with E-state index in [1.54, 1.807) is 42.7 Å². The second kappa shape index (κ2) is 16.3. The fourth-order valence-electron chi connectivity index (χ4n) is 5.72. The van der Waals surface area contributed by atoms with Gasteiger partial charge in [-0.3, -0.25) is 0 Å². The van der Waals surface area contributed by atoms with Crippen LogP contribution in [0.15, 0.2) is 29.8 Å². The zero-order valence-corrected chi connectivity index (χ0v) is 27.1. The molecular weight excluding hydrogens is 605 g/mol. The van der Waals surface area contributed by atoms with Crippen molar-refractivity contribution in [2.45, 2.75) is 31.7 Å². The average Bonchev–Trinajstić information content (AvgIpc) is 2.96.